The molecule has 6 nitrogen and oxygen atoms in total. The maximum atomic E-state index is 11.8. The molecule has 7 heteroatoms. The Balaban J connectivity index is 1.84. The van der Waals surface area contributed by atoms with Gasteiger partial charge in [-0.05, 0) is 23.8 Å². The van der Waals surface area contributed by atoms with Gasteiger partial charge in [-0.2, -0.15) is 0 Å². The van der Waals surface area contributed by atoms with E-state index in [4.69, 9.17) is 16.7 Å². The van der Waals surface area contributed by atoms with Crippen LogP contribution in [-0.4, -0.2) is 21.6 Å². The van der Waals surface area contributed by atoms with Crippen LogP contribution in [0.4, 0.5) is 0 Å². The average molecular weight is 335 g/mol. The summed E-state index contributed by atoms with van der Waals surface area (Å²) in [5.74, 6) is -1.20. The average Bonchev–Trinajstić information content (AvgIpc) is 2.54. The van der Waals surface area contributed by atoms with E-state index in [-0.39, 0.29) is 30.0 Å². The molecule has 0 aliphatic carbocycles. The van der Waals surface area contributed by atoms with E-state index in [1.165, 1.54) is 35.0 Å². The highest BCUT2D eigenvalue weighted by molar-refractivity contribution is 6.30. The van der Waals surface area contributed by atoms with Crippen molar-refractivity contribution in [2.24, 2.45) is 0 Å². The van der Waals surface area contributed by atoms with Gasteiger partial charge in [-0.15, -0.1) is 0 Å². The number of halogens is 1. The third-order valence-corrected chi connectivity index (χ3v) is 3.44. The van der Waals surface area contributed by atoms with Gasteiger partial charge in [-0.25, -0.2) is 4.79 Å². The molecule has 0 unspecified atom stereocenters. The molecular formula is C16H15ClN2O4. The fourth-order valence-electron chi connectivity index (χ4n) is 1.95. The lowest BCUT2D eigenvalue weighted by Crippen LogP contribution is -2.26. The Morgan fingerprint density at radius 2 is 1.83 bits per heavy atom. The second-order valence-corrected chi connectivity index (χ2v) is 5.34. The first kappa shape index (κ1) is 16.8. The lowest BCUT2D eigenvalue weighted by molar-refractivity contribution is -0.121. The summed E-state index contributed by atoms with van der Waals surface area (Å²) in [6.45, 7) is 0.534. The predicted octanol–water partition coefficient (Wildman–Crippen LogP) is 1.91. The van der Waals surface area contributed by atoms with Gasteiger partial charge in [0.15, 0.2) is 0 Å². The highest BCUT2D eigenvalue weighted by Crippen LogP contribution is 2.05. The molecule has 2 aromatic rings. The molecule has 23 heavy (non-hydrogen) atoms. The van der Waals surface area contributed by atoms with Crippen LogP contribution in [-0.2, 0) is 17.9 Å². The molecule has 1 aromatic carbocycles. The lowest BCUT2D eigenvalue weighted by Gasteiger charge is -2.08. The summed E-state index contributed by atoms with van der Waals surface area (Å²) in [6.07, 6.45) is 1.63. The summed E-state index contributed by atoms with van der Waals surface area (Å²) in [4.78, 5) is 34.1. The van der Waals surface area contributed by atoms with Gasteiger partial charge in [0.1, 0.15) is 0 Å². The zero-order valence-electron chi connectivity index (χ0n) is 12.2. The van der Waals surface area contributed by atoms with E-state index >= 15 is 0 Å². The van der Waals surface area contributed by atoms with Crippen molar-refractivity contribution >= 4 is 23.5 Å². The SMILES string of the molecule is O=C(CCn1cc(Cl)ccc1=O)NCc1ccc(C(=O)O)cc1. The van der Waals surface area contributed by atoms with Crippen LogP contribution in [0, 0.1) is 0 Å². The molecule has 1 aromatic heterocycles. The van der Waals surface area contributed by atoms with E-state index in [9.17, 15) is 14.4 Å². The number of hydrogen-bond acceptors (Lipinski definition) is 3. The predicted molar refractivity (Wildman–Crippen MR) is 85.6 cm³/mol. The summed E-state index contributed by atoms with van der Waals surface area (Å²) in [6, 6.07) is 9.10. The number of carbonyl (C=O) groups excluding carboxylic acids is 1. The standard InChI is InChI=1S/C16H15ClN2O4/c17-13-5-6-15(21)19(10-13)8-7-14(20)18-9-11-1-3-12(4-2-11)16(22)23/h1-6,10H,7-9H2,(H,18,20)(H,22,23). The number of aromatic carboxylic acids is 1. The summed E-state index contributed by atoms with van der Waals surface area (Å²) in [5, 5.41) is 12.0. The largest absolute Gasteiger partial charge is 0.478 e. The highest BCUT2D eigenvalue weighted by Gasteiger charge is 2.05. The number of aryl methyl sites for hydroxylation is 1. The van der Waals surface area contributed by atoms with Gasteiger partial charge in [0.05, 0.1) is 10.6 Å². The lowest BCUT2D eigenvalue weighted by atomic mass is 10.1. The Morgan fingerprint density at radius 3 is 2.48 bits per heavy atom. The molecule has 0 bridgehead atoms. The van der Waals surface area contributed by atoms with Crippen molar-refractivity contribution in [3.8, 4) is 0 Å². The van der Waals surface area contributed by atoms with E-state index in [1.54, 1.807) is 12.1 Å². The minimum atomic E-state index is -0.993. The molecule has 0 fully saturated rings. The van der Waals surface area contributed by atoms with Gasteiger partial charge in [0, 0.05) is 31.8 Å². The molecule has 0 radical (unpaired) electrons. The van der Waals surface area contributed by atoms with E-state index in [2.05, 4.69) is 5.32 Å². The Morgan fingerprint density at radius 1 is 1.13 bits per heavy atom. The number of amides is 1. The molecule has 2 rings (SSSR count). The molecule has 0 atom stereocenters. The Kier molecular flexibility index (Phi) is 5.54. The van der Waals surface area contributed by atoms with Crippen LogP contribution >= 0.6 is 11.6 Å². The summed E-state index contributed by atoms with van der Waals surface area (Å²) < 4.78 is 1.38. The van der Waals surface area contributed by atoms with Crippen molar-refractivity contribution in [3.63, 3.8) is 0 Å². The molecule has 0 saturated heterocycles. The summed E-state index contributed by atoms with van der Waals surface area (Å²) in [7, 11) is 0. The van der Waals surface area contributed by atoms with E-state index in [0.717, 1.165) is 5.56 Å². The second kappa shape index (κ2) is 7.60. The molecule has 0 aliphatic heterocycles. The van der Waals surface area contributed by atoms with Crippen molar-refractivity contribution in [3.05, 3.63) is 69.1 Å². The zero-order valence-corrected chi connectivity index (χ0v) is 12.9. The van der Waals surface area contributed by atoms with Crippen LogP contribution < -0.4 is 10.9 Å². The van der Waals surface area contributed by atoms with E-state index in [1.807, 2.05) is 0 Å². The first-order valence-corrected chi connectivity index (χ1v) is 7.28. The van der Waals surface area contributed by atoms with Gasteiger partial charge >= 0.3 is 5.97 Å². The van der Waals surface area contributed by atoms with E-state index < -0.39 is 5.97 Å². The number of carboxylic acid groups (broad SMARTS) is 1. The quantitative estimate of drug-likeness (QED) is 0.844. The number of rotatable bonds is 6. The number of aromatic nitrogens is 1. The zero-order chi connectivity index (χ0) is 16.8. The minimum absolute atomic E-state index is 0.146. The number of carbonyl (C=O) groups is 2. The van der Waals surface area contributed by atoms with Crippen molar-refractivity contribution in [1.82, 2.24) is 9.88 Å². The van der Waals surface area contributed by atoms with Crippen LogP contribution in [0.15, 0.2) is 47.4 Å². The smallest absolute Gasteiger partial charge is 0.335 e. The Labute approximate surface area is 137 Å². The van der Waals surface area contributed by atoms with Crippen LogP contribution in [0.25, 0.3) is 0 Å². The number of carboxylic acids is 1. The fourth-order valence-corrected chi connectivity index (χ4v) is 2.13. The maximum Gasteiger partial charge on any atom is 0.335 e. The molecule has 2 N–H and O–H groups in total. The minimum Gasteiger partial charge on any atom is -0.478 e. The molecule has 0 saturated carbocycles. The number of nitrogens with zero attached hydrogens (tertiary/aromatic N) is 1. The monoisotopic (exact) mass is 334 g/mol. The molecule has 1 heterocycles. The third-order valence-electron chi connectivity index (χ3n) is 3.22. The van der Waals surface area contributed by atoms with Crippen LogP contribution in [0.2, 0.25) is 5.02 Å². The normalized spacial score (nSPS) is 10.3. The second-order valence-electron chi connectivity index (χ2n) is 4.91. The molecule has 1 amide bonds. The summed E-state index contributed by atoms with van der Waals surface area (Å²) in [5.41, 5.74) is 0.773. The number of benzene rings is 1. The number of hydrogen-bond donors (Lipinski definition) is 2. The first-order chi connectivity index (χ1) is 11.0. The van der Waals surface area contributed by atoms with Gasteiger partial charge in [0.25, 0.3) is 5.56 Å². The van der Waals surface area contributed by atoms with Crippen molar-refractivity contribution in [2.45, 2.75) is 19.5 Å². The van der Waals surface area contributed by atoms with Gasteiger partial charge in [-0.3, -0.25) is 9.59 Å². The van der Waals surface area contributed by atoms with Gasteiger partial charge in [0.2, 0.25) is 5.91 Å². The Bertz CT molecular complexity index is 768. The van der Waals surface area contributed by atoms with E-state index in [0.29, 0.717) is 11.6 Å². The van der Waals surface area contributed by atoms with Crippen molar-refractivity contribution in [2.75, 3.05) is 0 Å². The van der Waals surface area contributed by atoms with Crippen molar-refractivity contribution in [1.29, 1.82) is 0 Å². The first-order valence-electron chi connectivity index (χ1n) is 6.90. The topological polar surface area (TPSA) is 88.4 Å². The Hall–Kier alpha value is -2.60. The summed E-state index contributed by atoms with van der Waals surface area (Å²) >= 11 is 5.81. The molecule has 0 aliphatic rings. The van der Waals surface area contributed by atoms with Crippen LogP contribution in [0.3, 0.4) is 0 Å². The third kappa shape index (κ3) is 4.96. The van der Waals surface area contributed by atoms with Crippen molar-refractivity contribution < 1.29 is 14.7 Å². The fraction of sp³-hybridized carbons (Fsp3) is 0.188. The molecule has 120 valence electrons. The van der Waals surface area contributed by atoms with Gasteiger partial charge in [-0.1, -0.05) is 23.7 Å². The highest BCUT2D eigenvalue weighted by atomic mass is 35.5. The molecule has 0 spiro atoms. The molecular weight excluding hydrogens is 320 g/mol. The van der Waals surface area contributed by atoms with Gasteiger partial charge < -0.3 is 15.0 Å². The van der Waals surface area contributed by atoms with Crippen LogP contribution in [0.1, 0.15) is 22.3 Å². The number of nitrogens with one attached hydrogen (secondary N) is 1. The number of pyridine rings is 1. The maximum absolute atomic E-state index is 11.8. The van der Waals surface area contributed by atoms with Crippen LogP contribution in [0.5, 0.6) is 0 Å².